The third kappa shape index (κ3) is 4.32. The molecule has 0 aliphatic carbocycles. The SMILES string of the molecule is Cc1ccccc1CCC(=O)NC1CCN(c2nccs2)CC1. The molecule has 0 radical (unpaired) electrons. The van der Waals surface area contributed by atoms with Crippen molar-refractivity contribution in [1.82, 2.24) is 10.3 Å². The zero-order chi connectivity index (χ0) is 16.1. The lowest BCUT2D eigenvalue weighted by molar-refractivity contribution is -0.121. The summed E-state index contributed by atoms with van der Waals surface area (Å²) in [6.45, 7) is 4.04. The number of hydrogen-bond donors (Lipinski definition) is 1. The Labute approximate surface area is 141 Å². The van der Waals surface area contributed by atoms with Gasteiger partial charge in [-0.25, -0.2) is 4.98 Å². The molecule has 0 unspecified atom stereocenters. The predicted molar refractivity (Wildman–Crippen MR) is 95.0 cm³/mol. The van der Waals surface area contributed by atoms with Crippen molar-refractivity contribution in [3.8, 4) is 0 Å². The number of amides is 1. The third-order valence-electron chi connectivity index (χ3n) is 4.43. The molecule has 4 nitrogen and oxygen atoms in total. The van der Waals surface area contributed by atoms with Crippen LogP contribution in [0.4, 0.5) is 5.13 Å². The summed E-state index contributed by atoms with van der Waals surface area (Å²) in [7, 11) is 0. The van der Waals surface area contributed by atoms with E-state index in [-0.39, 0.29) is 5.91 Å². The van der Waals surface area contributed by atoms with E-state index in [0.717, 1.165) is 37.5 Å². The molecular weight excluding hydrogens is 306 g/mol. The van der Waals surface area contributed by atoms with E-state index in [1.807, 2.05) is 23.7 Å². The lowest BCUT2D eigenvalue weighted by Gasteiger charge is -2.32. The van der Waals surface area contributed by atoms with Crippen LogP contribution in [0.1, 0.15) is 30.4 Å². The molecule has 3 rings (SSSR count). The Morgan fingerprint density at radius 3 is 2.83 bits per heavy atom. The van der Waals surface area contributed by atoms with Crippen molar-refractivity contribution >= 4 is 22.4 Å². The van der Waals surface area contributed by atoms with Crippen LogP contribution in [-0.4, -0.2) is 30.0 Å². The summed E-state index contributed by atoms with van der Waals surface area (Å²) in [6.07, 6.45) is 5.22. The van der Waals surface area contributed by atoms with Crippen molar-refractivity contribution in [3.63, 3.8) is 0 Å². The standard InChI is InChI=1S/C18H23N3OS/c1-14-4-2-3-5-15(14)6-7-17(22)20-16-8-11-21(12-9-16)18-19-10-13-23-18/h2-5,10,13,16H,6-9,11-12H2,1H3,(H,20,22). The van der Waals surface area contributed by atoms with Gasteiger partial charge in [-0.05, 0) is 37.3 Å². The van der Waals surface area contributed by atoms with Gasteiger partial charge in [-0.1, -0.05) is 24.3 Å². The van der Waals surface area contributed by atoms with Crippen LogP contribution in [0.3, 0.4) is 0 Å². The van der Waals surface area contributed by atoms with Crippen molar-refractivity contribution < 1.29 is 4.79 Å². The number of thiazole rings is 1. The second kappa shape index (κ2) is 7.59. The fraction of sp³-hybridized carbons (Fsp3) is 0.444. The molecule has 1 amide bonds. The van der Waals surface area contributed by atoms with Gasteiger partial charge in [-0.2, -0.15) is 0 Å². The summed E-state index contributed by atoms with van der Waals surface area (Å²) >= 11 is 1.68. The number of nitrogens with zero attached hydrogens (tertiary/aromatic N) is 2. The first kappa shape index (κ1) is 16.0. The molecule has 0 spiro atoms. The lowest BCUT2D eigenvalue weighted by Crippen LogP contribution is -2.44. The summed E-state index contributed by atoms with van der Waals surface area (Å²) in [5.74, 6) is 0.168. The summed E-state index contributed by atoms with van der Waals surface area (Å²) in [5.41, 5.74) is 2.53. The maximum atomic E-state index is 12.2. The molecule has 23 heavy (non-hydrogen) atoms. The molecule has 1 fully saturated rings. The minimum absolute atomic E-state index is 0.168. The van der Waals surface area contributed by atoms with Crippen LogP contribution >= 0.6 is 11.3 Å². The Morgan fingerprint density at radius 2 is 2.13 bits per heavy atom. The normalized spacial score (nSPS) is 15.6. The molecule has 0 saturated carbocycles. The minimum atomic E-state index is 0.168. The summed E-state index contributed by atoms with van der Waals surface area (Å²) in [5, 5.41) is 6.29. The van der Waals surface area contributed by atoms with Crippen LogP contribution in [0, 0.1) is 6.92 Å². The first-order chi connectivity index (χ1) is 11.2. The first-order valence-corrected chi connectivity index (χ1v) is 9.08. The Morgan fingerprint density at radius 1 is 1.35 bits per heavy atom. The second-order valence-electron chi connectivity index (χ2n) is 6.07. The number of nitrogens with one attached hydrogen (secondary N) is 1. The molecule has 1 aliphatic heterocycles. The van der Waals surface area contributed by atoms with Crippen molar-refractivity contribution in [3.05, 3.63) is 47.0 Å². The van der Waals surface area contributed by atoms with Crippen LogP contribution < -0.4 is 10.2 Å². The molecule has 1 aromatic carbocycles. The van der Waals surface area contributed by atoms with Crippen molar-refractivity contribution in [2.45, 2.75) is 38.6 Å². The number of carbonyl (C=O) groups is 1. The summed E-state index contributed by atoms with van der Waals surface area (Å²) in [4.78, 5) is 18.8. The number of aryl methyl sites for hydroxylation is 2. The van der Waals surface area contributed by atoms with Gasteiger partial charge in [-0.3, -0.25) is 4.79 Å². The predicted octanol–water partition coefficient (Wildman–Crippen LogP) is 3.17. The van der Waals surface area contributed by atoms with Gasteiger partial charge in [0.1, 0.15) is 0 Å². The third-order valence-corrected chi connectivity index (χ3v) is 5.26. The highest BCUT2D eigenvalue weighted by atomic mass is 32.1. The average Bonchev–Trinajstić information content (AvgIpc) is 3.09. The van der Waals surface area contributed by atoms with Crippen LogP contribution in [0.15, 0.2) is 35.8 Å². The van der Waals surface area contributed by atoms with Crippen molar-refractivity contribution in [2.75, 3.05) is 18.0 Å². The smallest absolute Gasteiger partial charge is 0.220 e. The molecular formula is C18H23N3OS. The monoisotopic (exact) mass is 329 g/mol. The molecule has 2 heterocycles. The maximum Gasteiger partial charge on any atom is 0.220 e. The van der Waals surface area contributed by atoms with E-state index in [0.29, 0.717) is 12.5 Å². The van der Waals surface area contributed by atoms with Gasteiger partial charge in [-0.15, -0.1) is 11.3 Å². The highest BCUT2D eigenvalue weighted by Crippen LogP contribution is 2.22. The topological polar surface area (TPSA) is 45.2 Å². The van der Waals surface area contributed by atoms with Crippen molar-refractivity contribution in [2.24, 2.45) is 0 Å². The molecule has 122 valence electrons. The fourth-order valence-corrected chi connectivity index (χ4v) is 3.72. The number of hydrogen-bond acceptors (Lipinski definition) is 4. The minimum Gasteiger partial charge on any atom is -0.353 e. The van der Waals surface area contributed by atoms with E-state index in [1.165, 1.54) is 11.1 Å². The van der Waals surface area contributed by atoms with E-state index in [4.69, 9.17) is 0 Å². The summed E-state index contributed by atoms with van der Waals surface area (Å²) < 4.78 is 0. The van der Waals surface area contributed by atoms with Crippen LogP contribution in [0.5, 0.6) is 0 Å². The quantitative estimate of drug-likeness (QED) is 0.916. The molecule has 1 aromatic heterocycles. The van der Waals surface area contributed by atoms with Crippen LogP contribution in [0.2, 0.25) is 0 Å². The number of carbonyl (C=O) groups excluding carboxylic acids is 1. The molecule has 1 saturated heterocycles. The van der Waals surface area contributed by atoms with Gasteiger partial charge in [0, 0.05) is 37.1 Å². The Kier molecular flexibility index (Phi) is 5.28. The highest BCUT2D eigenvalue weighted by molar-refractivity contribution is 7.13. The average molecular weight is 329 g/mol. The number of rotatable bonds is 5. The van der Waals surface area contributed by atoms with E-state index >= 15 is 0 Å². The van der Waals surface area contributed by atoms with Crippen molar-refractivity contribution in [1.29, 1.82) is 0 Å². The number of anilines is 1. The maximum absolute atomic E-state index is 12.2. The number of benzene rings is 1. The van der Waals surface area contributed by atoms with Gasteiger partial charge in [0.25, 0.3) is 0 Å². The fourth-order valence-electron chi connectivity index (χ4n) is 3.03. The largest absolute Gasteiger partial charge is 0.353 e. The Bertz CT molecular complexity index is 633. The number of aromatic nitrogens is 1. The number of piperidine rings is 1. The molecule has 5 heteroatoms. The molecule has 1 N–H and O–H groups in total. The highest BCUT2D eigenvalue weighted by Gasteiger charge is 2.21. The second-order valence-corrected chi connectivity index (χ2v) is 6.94. The zero-order valence-electron chi connectivity index (χ0n) is 13.5. The van der Waals surface area contributed by atoms with Gasteiger partial charge in [0.05, 0.1) is 0 Å². The lowest BCUT2D eigenvalue weighted by atomic mass is 10.0. The van der Waals surface area contributed by atoms with Gasteiger partial charge in [0.2, 0.25) is 5.91 Å². The molecule has 0 atom stereocenters. The Hall–Kier alpha value is -1.88. The summed E-state index contributed by atoms with van der Waals surface area (Å²) in [6, 6.07) is 8.58. The first-order valence-electron chi connectivity index (χ1n) is 8.20. The van der Waals surface area contributed by atoms with Gasteiger partial charge in [0.15, 0.2) is 5.13 Å². The zero-order valence-corrected chi connectivity index (χ0v) is 14.3. The van der Waals surface area contributed by atoms with Crippen LogP contribution in [0.25, 0.3) is 0 Å². The van der Waals surface area contributed by atoms with E-state index in [2.05, 4.69) is 34.3 Å². The molecule has 2 aromatic rings. The van der Waals surface area contributed by atoms with Gasteiger partial charge >= 0.3 is 0 Å². The van der Waals surface area contributed by atoms with E-state index in [9.17, 15) is 4.79 Å². The molecule has 0 bridgehead atoms. The van der Waals surface area contributed by atoms with E-state index in [1.54, 1.807) is 11.3 Å². The van der Waals surface area contributed by atoms with Gasteiger partial charge < -0.3 is 10.2 Å². The molecule has 1 aliphatic rings. The van der Waals surface area contributed by atoms with E-state index < -0.39 is 0 Å². The Balaban J connectivity index is 1.42. The van der Waals surface area contributed by atoms with Crippen LogP contribution in [-0.2, 0) is 11.2 Å².